The summed E-state index contributed by atoms with van der Waals surface area (Å²) in [4.78, 5) is 38.2. The molecule has 8 rings (SSSR count). The lowest BCUT2D eigenvalue weighted by Gasteiger charge is -2.27. The highest BCUT2D eigenvalue weighted by molar-refractivity contribution is 6.00. The summed E-state index contributed by atoms with van der Waals surface area (Å²) in [7, 11) is 5.26. The van der Waals surface area contributed by atoms with Crippen LogP contribution in [0.15, 0.2) is 54.6 Å². The first-order valence-electron chi connectivity index (χ1n) is 15.8. The molecule has 0 radical (unpaired) electrons. The number of rotatable bonds is 7. The molecule has 2 amide bonds. The number of imidazole rings is 1. The van der Waals surface area contributed by atoms with Gasteiger partial charge in [-0.2, -0.15) is 0 Å². The van der Waals surface area contributed by atoms with Gasteiger partial charge in [0.25, 0.3) is 11.8 Å². The Kier molecular flexibility index (Phi) is 6.46. The van der Waals surface area contributed by atoms with Crippen molar-refractivity contribution in [2.45, 2.75) is 44.3 Å². The fraction of sp³-hybridized carbons (Fsp3) is 0.371. The number of fused-ring (bicyclic) bond motifs is 4. The summed E-state index contributed by atoms with van der Waals surface area (Å²) >= 11 is 0. The molecule has 2 saturated carbocycles. The van der Waals surface area contributed by atoms with Gasteiger partial charge in [-0.1, -0.05) is 12.1 Å². The van der Waals surface area contributed by atoms with Crippen molar-refractivity contribution in [1.29, 1.82) is 0 Å². The highest BCUT2D eigenvalue weighted by Gasteiger charge is 2.47. The van der Waals surface area contributed by atoms with Crippen molar-refractivity contribution in [3.63, 3.8) is 0 Å². The Labute approximate surface area is 261 Å². The summed E-state index contributed by atoms with van der Waals surface area (Å²) in [6.07, 6.45) is 4.44. The average molecular weight is 604 g/mol. The number of carbonyl (C=O) groups is 2. The zero-order chi connectivity index (χ0) is 31.0. The van der Waals surface area contributed by atoms with Crippen LogP contribution in [0.5, 0.6) is 5.75 Å². The third kappa shape index (κ3) is 4.49. The third-order valence-electron chi connectivity index (χ3n) is 10.1. The maximum absolute atomic E-state index is 13.7. The van der Waals surface area contributed by atoms with Crippen LogP contribution in [0.3, 0.4) is 0 Å². The highest BCUT2D eigenvalue weighted by atomic mass is 16.5. The van der Waals surface area contributed by atoms with Crippen LogP contribution in [-0.2, 0) is 13.6 Å². The Balaban J connectivity index is 1.23. The van der Waals surface area contributed by atoms with Gasteiger partial charge in [-0.15, -0.1) is 0 Å². The Morgan fingerprint density at radius 1 is 1.02 bits per heavy atom. The van der Waals surface area contributed by atoms with Gasteiger partial charge in [-0.3, -0.25) is 9.59 Å². The standard InChI is InChI=1S/C35H37N7O3/c1-37-34(43)22-6-4-5-20(13-22)25-11-9-21-15-28(41(32(21)38-25)17-19-7-8-19)33-39-26-14-24(16-29(45-3)31(26)40(33)2)35(44)42-18-23-10-12-27(42)30(23)36/h4-6,9,11,13-16,19,23,27,30H,7-8,10,12,17-18,36H2,1-3H3,(H,37,43)/t23-,27-,30-/m1/s1. The van der Waals surface area contributed by atoms with Crippen LogP contribution >= 0.6 is 0 Å². The highest BCUT2D eigenvalue weighted by Crippen LogP contribution is 2.40. The number of nitrogens with zero attached hydrogens (tertiary/aromatic N) is 5. The van der Waals surface area contributed by atoms with Gasteiger partial charge in [-0.25, -0.2) is 9.97 Å². The molecule has 10 nitrogen and oxygen atoms in total. The topological polar surface area (TPSA) is 120 Å². The summed E-state index contributed by atoms with van der Waals surface area (Å²) in [6, 6.07) is 17.7. The summed E-state index contributed by atoms with van der Waals surface area (Å²) < 4.78 is 10.2. The number of carbonyl (C=O) groups excluding carboxylic acids is 2. The number of piperidine rings is 1. The fourth-order valence-corrected chi connectivity index (χ4v) is 7.45. The van der Waals surface area contributed by atoms with E-state index in [-0.39, 0.29) is 23.9 Å². The maximum atomic E-state index is 13.7. The summed E-state index contributed by atoms with van der Waals surface area (Å²) in [5.41, 5.74) is 12.7. The van der Waals surface area contributed by atoms with Crippen molar-refractivity contribution in [3.05, 3.63) is 65.7 Å². The molecule has 10 heteroatoms. The van der Waals surface area contributed by atoms with Crippen LogP contribution < -0.4 is 15.8 Å². The molecule has 0 unspecified atom stereocenters. The van der Waals surface area contributed by atoms with Crippen LogP contribution in [0.4, 0.5) is 0 Å². The van der Waals surface area contributed by atoms with Crippen molar-refractivity contribution in [1.82, 2.24) is 29.3 Å². The van der Waals surface area contributed by atoms with E-state index in [0.29, 0.717) is 40.8 Å². The maximum Gasteiger partial charge on any atom is 0.254 e. The molecule has 3 N–H and O–H groups in total. The van der Waals surface area contributed by atoms with E-state index in [9.17, 15) is 9.59 Å². The van der Waals surface area contributed by atoms with E-state index in [4.69, 9.17) is 20.4 Å². The molecule has 1 aliphatic heterocycles. The van der Waals surface area contributed by atoms with Crippen molar-refractivity contribution in [3.8, 4) is 28.5 Å². The molecule has 1 saturated heterocycles. The molecule has 4 heterocycles. The molecule has 2 aliphatic carbocycles. The average Bonchev–Trinajstić information content (AvgIpc) is 3.47. The van der Waals surface area contributed by atoms with E-state index in [2.05, 4.69) is 26.6 Å². The quantitative estimate of drug-likeness (QED) is 0.281. The summed E-state index contributed by atoms with van der Waals surface area (Å²) in [5, 5.41) is 3.72. The fourth-order valence-electron chi connectivity index (χ4n) is 7.45. The summed E-state index contributed by atoms with van der Waals surface area (Å²) in [5.74, 6) is 2.25. The first-order chi connectivity index (χ1) is 21.8. The predicted octanol–water partition coefficient (Wildman–Crippen LogP) is 4.60. The van der Waals surface area contributed by atoms with Crippen LogP contribution in [0.1, 0.15) is 46.4 Å². The molecular weight excluding hydrogens is 566 g/mol. The van der Waals surface area contributed by atoms with E-state index in [0.717, 1.165) is 58.7 Å². The van der Waals surface area contributed by atoms with Gasteiger partial charge in [-0.05, 0) is 80.0 Å². The van der Waals surface area contributed by atoms with E-state index in [1.807, 2.05) is 48.3 Å². The number of ether oxygens (including phenoxy) is 1. The SMILES string of the molecule is CNC(=O)c1cccc(-c2ccc3cc(-c4nc5cc(C(=O)N6C[C@H]7CC[C@@H]6[C@@H]7N)cc(OC)c5n4C)n(CC4CC4)c3n2)c1. The number of nitrogens with one attached hydrogen (secondary N) is 1. The minimum absolute atomic E-state index is 0.00915. The van der Waals surface area contributed by atoms with Gasteiger partial charge in [0.1, 0.15) is 16.9 Å². The van der Waals surface area contributed by atoms with Gasteiger partial charge >= 0.3 is 0 Å². The number of aromatic nitrogens is 4. The normalized spacial score (nSPS) is 20.8. The lowest BCUT2D eigenvalue weighted by atomic mass is 10.1. The molecule has 3 fully saturated rings. The van der Waals surface area contributed by atoms with Crippen molar-refractivity contribution < 1.29 is 14.3 Å². The van der Waals surface area contributed by atoms with Crippen molar-refractivity contribution in [2.75, 3.05) is 20.7 Å². The second-order valence-corrected chi connectivity index (χ2v) is 12.8. The smallest absolute Gasteiger partial charge is 0.254 e. The molecule has 3 aromatic heterocycles. The predicted molar refractivity (Wildman–Crippen MR) is 173 cm³/mol. The van der Waals surface area contributed by atoms with Gasteiger partial charge in [0.15, 0.2) is 5.82 Å². The number of likely N-dealkylation sites (tertiary alicyclic amines) is 1. The number of aryl methyl sites for hydroxylation is 1. The molecule has 45 heavy (non-hydrogen) atoms. The van der Waals surface area contributed by atoms with E-state index < -0.39 is 0 Å². The van der Waals surface area contributed by atoms with Crippen LogP contribution in [0.2, 0.25) is 0 Å². The Morgan fingerprint density at radius 2 is 1.87 bits per heavy atom. The number of methoxy groups -OCH3 is 1. The van der Waals surface area contributed by atoms with Gasteiger partial charge < -0.3 is 29.8 Å². The first-order valence-corrected chi connectivity index (χ1v) is 15.8. The lowest BCUT2D eigenvalue weighted by Crippen LogP contribution is -2.41. The van der Waals surface area contributed by atoms with Crippen LogP contribution in [0, 0.1) is 11.8 Å². The van der Waals surface area contributed by atoms with E-state index in [1.165, 1.54) is 12.8 Å². The zero-order valence-electron chi connectivity index (χ0n) is 25.8. The van der Waals surface area contributed by atoms with Gasteiger partial charge in [0, 0.05) is 61.3 Å². The minimum Gasteiger partial charge on any atom is -0.494 e. The number of hydrogen-bond acceptors (Lipinski definition) is 6. The van der Waals surface area contributed by atoms with Crippen LogP contribution in [-0.4, -0.2) is 68.6 Å². The molecular formula is C35H37N7O3. The minimum atomic E-state index is -0.129. The molecule has 2 bridgehead atoms. The van der Waals surface area contributed by atoms with E-state index in [1.54, 1.807) is 20.2 Å². The van der Waals surface area contributed by atoms with Gasteiger partial charge in [0.2, 0.25) is 0 Å². The van der Waals surface area contributed by atoms with Crippen molar-refractivity contribution in [2.24, 2.45) is 24.6 Å². The Hall–Kier alpha value is -4.70. The monoisotopic (exact) mass is 603 g/mol. The van der Waals surface area contributed by atoms with Crippen LogP contribution in [0.25, 0.3) is 44.8 Å². The summed E-state index contributed by atoms with van der Waals surface area (Å²) in [6.45, 7) is 1.56. The molecule has 230 valence electrons. The second-order valence-electron chi connectivity index (χ2n) is 12.8. The first kappa shape index (κ1) is 27.8. The number of pyridine rings is 1. The third-order valence-corrected chi connectivity index (χ3v) is 10.1. The number of nitrogens with two attached hydrogens (primary N) is 1. The molecule has 3 aliphatic rings. The largest absolute Gasteiger partial charge is 0.494 e. The second kappa shape index (κ2) is 10.4. The Morgan fingerprint density at radius 3 is 2.58 bits per heavy atom. The molecule has 3 atom stereocenters. The Bertz CT molecular complexity index is 2010. The lowest BCUT2D eigenvalue weighted by molar-refractivity contribution is 0.0700. The molecule has 2 aromatic carbocycles. The molecule has 0 spiro atoms. The van der Waals surface area contributed by atoms with E-state index >= 15 is 0 Å². The van der Waals surface area contributed by atoms with Gasteiger partial charge in [0.05, 0.1) is 24.0 Å². The number of benzene rings is 2. The zero-order valence-corrected chi connectivity index (χ0v) is 25.8. The number of amides is 2. The number of hydrogen-bond donors (Lipinski definition) is 2. The molecule has 5 aromatic rings. The van der Waals surface area contributed by atoms with Crippen molar-refractivity contribution >= 4 is 33.9 Å².